The molecule has 0 heterocycles. The van der Waals surface area contributed by atoms with Gasteiger partial charge in [0, 0.05) is 11.1 Å². The normalized spacial score (nSPS) is 10.1. The van der Waals surface area contributed by atoms with Gasteiger partial charge in [-0.25, -0.2) is 4.79 Å². The van der Waals surface area contributed by atoms with Crippen molar-refractivity contribution in [2.45, 2.75) is 13.5 Å². The molecular weight excluding hydrogens is 324 g/mol. The van der Waals surface area contributed by atoms with E-state index in [4.69, 9.17) is 18.9 Å². The molecule has 0 aromatic heterocycles. The highest BCUT2D eigenvalue weighted by Crippen LogP contribution is 2.31. The van der Waals surface area contributed by atoms with Crippen LogP contribution in [0.3, 0.4) is 0 Å². The van der Waals surface area contributed by atoms with Crippen molar-refractivity contribution in [1.82, 2.24) is 0 Å². The summed E-state index contributed by atoms with van der Waals surface area (Å²) in [7, 11) is 4.46. The van der Waals surface area contributed by atoms with E-state index in [-0.39, 0.29) is 18.0 Å². The highest BCUT2D eigenvalue weighted by Gasteiger charge is 2.18. The molecule has 25 heavy (non-hydrogen) atoms. The van der Waals surface area contributed by atoms with E-state index in [0.717, 1.165) is 0 Å². The van der Waals surface area contributed by atoms with Crippen molar-refractivity contribution in [3.05, 3.63) is 53.1 Å². The Bertz CT molecular complexity index is 781. The Hall–Kier alpha value is -3.02. The fraction of sp³-hybridized carbons (Fsp3) is 0.263. The van der Waals surface area contributed by atoms with Gasteiger partial charge in [0.15, 0.2) is 17.3 Å². The number of esters is 1. The molecule has 0 unspecified atom stereocenters. The molecule has 0 spiro atoms. The Labute approximate surface area is 146 Å². The summed E-state index contributed by atoms with van der Waals surface area (Å²) in [6, 6.07) is 9.94. The maximum absolute atomic E-state index is 12.4. The number of hydrogen-bond acceptors (Lipinski definition) is 6. The number of carbonyl (C=O) groups excluding carboxylic acids is 2. The van der Waals surface area contributed by atoms with Crippen LogP contribution in [0.25, 0.3) is 0 Å². The molecule has 2 aromatic carbocycles. The lowest BCUT2D eigenvalue weighted by molar-refractivity contribution is 0.0466. The molecular formula is C19H20O6. The first-order valence-corrected chi connectivity index (χ1v) is 7.57. The molecule has 0 aliphatic rings. The standard InChI is InChI=1S/C19H20O6/c1-12(20)13-8-9-16(22-2)14(10-13)11-25-19(21)15-6-5-7-17(23-3)18(15)24-4/h5-10H,11H2,1-4H3. The average Bonchev–Trinajstić information content (AvgIpc) is 2.64. The van der Waals surface area contributed by atoms with Crippen LogP contribution in [0.5, 0.6) is 17.2 Å². The van der Waals surface area contributed by atoms with Crippen LogP contribution in [0.2, 0.25) is 0 Å². The number of methoxy groups -OCH3 is 3. The minimum absolute atomic E-state index is 0.0382. The highest BCUT2D eigenvalue weighted by molar-refractivity contribution is 5.95. The van der Waals surface area contributed by atoms with Crippen LogP contribution in [-0.2, 0) is 11.3 Å². The second-order valence-corrected chi connectivity index (χ2v) is 5.20. The summed E-state index contributed by atoms with van der Waals surface area (Å²) >= 11 is 0. The second kappa shape index (κ2) is 8.19. The third-order valence-electron chi connectivity index (χ3n) is 3.67. The Morgan fingerprint density at radius 2 is 1.64 bits per heavy atom. The topological polar surface area (TPSA) is 71.1 Å². The number of hydrogen-bond donors (Lipinski definition) is 0. The van der Waals surface area contributed by atoms with E-state index in [0.29, 0.717) is 28.4 Å². The molecule has 0 N–H and O–H groups in total. The zero-order valence-electron chi connectivity index (χ0n) is 14.6. The molecule has 132 valence electrons. The SMILES string of the molecule is COc1ccc(C(C)=O)cc1COC(=O)c1cccc(OC)c1OC. The van der Waals surface area contributed by atoms with Crippen molar-refractivity contribution in [2.75, 3.05) is 21.3 Å². The van der Waals surface area contributed by atoms with Crippen molar-refractivity contribution in [3.8, 4) is 17.2 Å². The van der Waals surface area contributed by atoms with Crippen molar-refractivity contribution in [3.63, 3.8) is 0 Å². The van der Waals surface area contributed by atoms with E-state index in [9.17, 15) is 9.59 Å². The number of Topliss-reactive ketones (excluding diaryl/α,β-unsaturated/α-hetero) is 1. The Balaban J connectivity index is 2.23. The van der Waals surface area contributed by atoms with Gasteiger partial charge in [-0.1, -0.05) is 6.07 Å². The third kappa shape index (κ3) is 4.09. The Morgan fingerprint density at radius 1 is 0.920 bits per heavy atom. The van der Waals surface area contributed by atoms with Crippen molar-refractivity contribution in [2.24, 2.45) is 0 Å². The first-order valence-electron chi connectivity index (χ1n) is 7.57. The van der Waals surface area contributed by atoms with Gasteiger partial charge in [0.25, 0.3) is 0 Å². The minimum Gasteiger partial charge on any atom is -0.496 e. The van der Waals surface area contributed by atoms with Crippen molar-refractivity contribution >= 4 is 11.8 Å². The molecule has 6 nitrogen and oxygen atoms in total. The van der Waals surface area contributed by atoms with Gasteiger partial charge in [0.2, 0.25) is 0 Å². The lowest BCUT2D eigenvalue weighted by Crippen LogP contribution is -2.09. The largest absolute Gasteiger partial charge is 0.496 e. The van der Waals surface area contributed by atoms with Crippen LogP contribution in [0.1, 0.15) is 33.2 Å². The van der Waals surface area contributed by atoms with Crippen LogP contribution in [0.4, 0.5) is 0 Å². The molecule has 0 aliphatic carbocycles. The summed E-state index contributed by atoms with van der Waals surface area (Å²) in [6.45, 7) is 1.43. The Kier molecular flexibility index (Phi) is 6.00. The zero-order valence-corrected chi connectivity index (χ0v) is 14.6. The summed E-state index contributed by atoms with van der Waals surface area (Å²) in [5.41, 5.74) is 1.37. The molecule has 2 rings (SSSR count). The van der Waals surface area contributed by atoms with E-state index in [1.807, 2.05) is 0 Å². The molecule has 0 amide bonds. The smallest absolute Gasteiger partial charge is 0.342 e. The van der Waals surface area contributed by atoms with E-state index >= 15 is 0 Å². The van der Waals surface area contributed by atoms with E-state index in [1.54, 1.807) is 36.4 Å². The fourth-order valence-electron chi connectivity index (χ4n) is 2.38. The molecule has 0 fully saturated rings. The molecule has 0 aliphatic heterocycles. The molecule has 0 radical (unpaired) electrons. The van der Waals surface area contributed by atoms with Gasteiger partial charge in [0.05, 0.1) is 21.3 Å². The fourth-order valence-corrected chi connectivity index (χ4v) is 2.38. The summed E-state index contributed by atoms with van der Waals surface area (Å²) in [4.78, 5) is 24.0. The second-order valence-electron chi connectivity index (χ2n) is 5.20. The van der Waals surface area contributed by atoms with E-state index < -0.39 is 5.97 Å². The van der Waals surface area contributed by atoms with Crippen LogP contribution < -0.4 is 14.2 Å². The predicted octanol–water partition coefficient (Wildman–Crippen LogP) is 3.27. The van der Waals surface area contributed by atoms with Crippen LogP contribution in [0.15, 0.2) is 36.4 Å². The predicted molar refractivity (Wildman–Crippen MR) is 91.7 cm³/mol. The number of ether oxygens (including phenoxy) is 4. The maximum Gasteiger partial charge on any atom is 0.342 e. The number of benzene rings is 2. The first-order chi connectivity index (χ1) is 12.0. The Morgan fingerprint density at radius 3 is 2.24 bits per heavy atom. The van der Waals surface area contributed by atoms with Gasteiger partial charge >= 0.3 is 5.97 Å². The van der Waals surface area contributed by atoms with E-state index in [2.05, 4.69) is 0 Å². The summed E-state index contributed by atoms with van der Waals surface area (Å²) < 4.78 is 21.0. The maximum atomic E-state index is 12.4. The third-order valence-corrected chi connectivity index (χ3v) is 3.67. The lowest BCUT2D eigenvalue weighted by atomic mass is 10.1. The van der Waals surface area contributed by atoms with Crippen LogP contribution >= 0.6 is 0 Å². The van der Waals surface area contributed by atoms with Gasteiger partial charge in [-0.2, -0.15) is 0 Å². The number of para-hydroxylation sites is 1. The van der Waals surface area contributed by atoms with Crippen LogP contribution in [-0.4, -0.2) is 33.1 Å². The summed E-state index contributed by atoms with van der Waals surface area (Å²) in [5, 5.41) is 0. The number of rotatable bonds is 7. The molecule has 0 bridgehead atoms. The molecule has 6 heteroatoms. The number of carbonyl (C=O) groups is 2. The van der Waals surface area contributed by atoms with Gasteiger partial charge in [-0.15, -0.1) is 0 Å². The average molecular weight is 344 g/mol. The molecule has 0 saturated heterocycles. The highest BCUT2D eigenvalue weighted by atomic mass is 16.5. The van der Waals surface area contributed by atoms with Crippen molar-refractivity contribution in [1.29, 1.82) is 0 Å². The number of ketones is 1. The zero-order chi connectivity index (χ0) is 18.4. The first kappa shape index (κ1) is 18.3. The molecule has 0 saturated carbocycles. The van der Waals surface area contributed by atoms with Gasteiger partial charge < -0.3 is 18.9 Å². The molecule has 2 aromatic rings. The van der Waals surface area contributed by atoms with Gasteiger partial charge in [0.1, 0.15) is 17.9 Å². The summed E-state index contributed by atoms with van der Waals surface area (Å²) in [5.74, 6) is 0.638. The quantitative estimate of drug-likeness (QED) is 0.567. The van der Waals surface area contributed by atoms with E-state index in [1.165, 1.54) is 28.3 Å². The van der Waals surface area contributed by atoms with Crippen molar-refractivity contribution < 1.29 is 28.5 Å². The van der Waals surface area contributed by atoms with Gasteiger partial charge in [-0.3, -0.25) is 4.79 Å². The lowest BCUT2D eigenvalue weighted by Gasteiger charge is -2.13. The van der Waals surface area contributed by atoms with Crippen LogP contribution in [0, 0.1) is 0 Å². The minimum atomic E-state index is -0.564. The van der Waals surface area contributed by atoms with Gasteiger partial charge in [-0.05, 0) is 37.3 Å². The molecule has 0 atom stereocenters. The summed E-state index contributed by atoms with van der Waals surface area (Å²) in [6.07, 6.45) is 0. The monoisotopic (exact) mass is 344 g/mol.